The third-order valence-corrected chi connectivity index (χ3v) is 1.79. The Morgan fingerprint density at radius 2 is 2.56 bits per heavy atom. The second-order valence-corrected chi connectivity index (χ2v) is 2.84. The van der Waals surface area contributed by atoms with E-state index in [1.165, 1.54) is 17.5 Å². The van der Waals surface area contributed by atoms with Crippen LogP contribution in [-0.4, -0.2) is 10.9 Å². The van der Waals surface area contributed by atoms with Crippen molar-refractivity contribution >= 4 is 17.2 Å². The van der Waals surface area contributed by atoms with Crippen LogP contribution in [0.4, 0.5) is 0 Å². The molecule has 0 aliphatic rings. The summed E-state index contributed by atoms with van der Waals surface area (Å²) in [5.41, 5.74) is 4.96. The van der Waals surface area contributed by atoms with Crippen molar-refractivity contribution in [1.29, 1.82) is 0 Å². The highest BCUT2D eigenvalue weighted by Crippen LogP contribution is 2.09. The fourth-order valence-corrected chi connectivity index (χ4v) is 1.10. The number of primary amides is 1. The zero-order chi connectivity index (χ0) is 6.85. The lowest BCUT2D eigenvalue weighted by Gasteiger charge is -1.79. The highest BCUT2D eigenvalue weighted by molar-refractivity contribution is 7.13. The fraction of sp³-hybridized carbons (Fsp3) is 0.200. The van der Waals surface area contributed by atoms with Crippen molar-refractivity contribution in [2.24, 2.45) is 5.73 Å². The van der Waals surface area contributed by atoms with Crippen molar-refractivity contribution in [3.63, 3.8) is 0 Å². The number of aryl methyl sites for hydroxylation is 1. The summed E-state index contributed by atoms with van der Waals surface area (Å²) in [6, 6.07) is 0. The van der Waals surface area contributed by atoms with Gasteiger partial charge in [0.1, 0.15) is 4.88 Å². The number of hydrogen-bond donors (Lipinski definition) is 1. The number of hydrogen-bond acceptors (Lipinski definition) is 3. The Morgan fingerprint density at radius 1 is 1.89 bits per heavy atom. The Hall–Kier alpha value is -0.900. The largest absolute Gasteiger partial charge is 0.365 e. The predicted octanol–water partition coefficient (Wildman–Crippen LogP) is 0.550. The molecule has 0 radical (unpaired) electrons. The molecule has 0 aromatic carbocycles. The van der Waals surface area contributed by atoms with Gasteiger partial charge in [-0.15, -0.1) is 11.3 Å². The molecule has 1 heterocycles. The molecule has 4 heteroatoms. The average Bonchev–Trinajstić information content (AvgIpc) is 2.14. The summed E-state index contributed by atoms with van der Waals surface area (Å²) >= 11 is 1.31. The molecule has 1 amide bonds. The van der Waals surface area contributed by atoms with E-state index in [2.05, 4.69) is 4.98 Å². The van der Waals surface area contributed by atoms with Crippen LogP contribution in [0.1, 0.15) is 14.7 Å². The molecular formula is C5H6N2OS. The molecule has 9 heavy (non-hydrogen) atoms. The second kappa shape index (κ2) is 2.14. The molecule has 2 N–H and O–H groups in total. The maximum atomic E-state index is 10.4. The third-order valence-electron chi connectivity index (χ3n) is 0.864. The van der Waals surface area contributed by atoms with Crippen molar-refractivity contribution in [2.45, 2.75) is 6.92 Å². The molecule has 1 aromatic heterocycles. The van der Waals surface area contributed by atoms with Crippen LogP contribution in [0.5, 0.6) is 0 Å². The quantitative estimate of drug-likeness (QED) is 0.622. The summed E-state index contributed by atoms with van der Waals surface area (Å²) in [4.78, 5) is 14.8. The number of amides is 1. The van der Waals surface area contributed by atoms with E-state index in [0.29, 0.717) is 4.88 Å². The number of thiazole rings is 1. The van der Waals surface area contributed by atoms with Gasteiger partial charge in [0.2, 0.25) is 0 Å². The van der Waals surface area contributed by atoms with Gasteiger partial charge in [-0.3, -0.25) is 4.79 Å². The maximum Gasteiger partial charge on any atom is 0.260 e. The van der Waals surface area contributed by atoms with Crippen LogP contribution in [0.3, 0.4) is 0 Å². The number of carbonyl (C=O) groups excluding carboxylic acids is 1. The van der Waals surface area contributed by atoms with Crippen molar-refractivity contribution in [1.82, 2.24) is 4.98 Å². The van der Waals surface area contributed by atoms with E-state index in [-0.39, 0.29) is 0 Å². The lowest BCUT2D eigenvalue weighted by atomic mass is 10.5. The Balaban J connectivity index is 2.98. The topological polar surface area (TPSA) is 56.0 Å². The minimum Gasteiger partial charge on any atom is -0.365 e. The van der Waals surface area contributed by atoms with Crippen molar-refractivity contribution in [3.8, 4) is 0 Å². The van der Waals surface area contributed by atoms with Gasteiger partial charge in [0.05, 0.1) is 11.2 Å². The van der Waals surface area contributed by atoms with E-state index in [9.17, 15) is 4.79 Å². The number of rotatable bonds is 1. The van der Waals surface area contributed by atoms with E-state index in [1.54, 1.807) is 0 Å². The van der Waals surface area contributed by atoms with Crippen LogP contribution in [0, 0.1) is 6.92 Å². The van der Waals surface area contributed by atoms with E-state index in [1.807, 2.05) is 6.92 Å². The first-order chi connectivity index (χ1) is 4.20. The van der Waals surface area contributed by atoms with E-state index < -0.39 is 5.91 Å². The Labute approximate surface area is 56.5 Å². The number of aromatic nitrogens is 1. The average molecular weight is 142 g/mol. The highest BCUT2D eigenvalue weighted by Gasteiger charge is 2.01. The van der Waals surface area contributed by atoms with Crippen LogP contribution in [-0.2, 0) is 0 Å². The van der Waals surface area contributed by atoms with Crippen LogP contribution in [0.25, 0.3) is 0 Å². The molecule has 48 valence electrons. The Bertz CT molecular complexity index is 231. The van der Waals surface area contributed by atoms with Crippen molar-refractivity contribution in [2.75, 3.05) is 0 Å². The van der Waals surface area contributed by atoms with Crippen molar-refractivity contribution in [3.05, 3.63) is 16.1 Å². The van der Waals surface area contributed by atoms with Gasteiger partial charge in [0, 0.05) is 0 Å². The first-order valence-corrected chi connectivity index (χ1v) is 3.24. The van der Waals surface area contributed by atoms with Gasteiger partial charge in [-0.1, -0.05) is 0 Å². The predicted molar refractivity (Wildman–Crippen MR) is 35.4 cm³/mol. The van der Waals surface area contributed by atoms with Crippen LogP contribution in [0.2, 0.25) is 0 Å². The first kappa shape index (κ1) is 6.22. The minimum atomic E-state index is -0.402. The smallest absolute Gasteiger partial charge is 0.260 e. The zero-order valence-corrected chi connectivity index (χ0v) is 5.73. The van der Waals surface area contributed by atoms with Crippen molar-refractivity contribution < 1.29 is 4.79 Å². The molecule has 0 aliphatic heterocycles. The molecule has 0 unspecified atom stereocenters. The molecular weight excluding hydrogens is 136 g/mol. The summed E-state index contributed by atoms with van der Waals surface area (Å²) < 4.78 is 0. The number of nitrogens with zero attached hydrogens (tertiary/aromatic N) is 1. The molecule has 0 bridgehead atoms. The first-order valence-electron chi connectivity index (χ1n) is 2.42. The van der Waals surface area contributed by atoms with Gasteiger partial charge < -0.3 is 5.73 Å². The zero-order valence-electron chi connectivity index (χ0n) is 4.92. The summed E-state index contributed by atoms with van der Waals surface area (Å²) in [7, 11) is 0. The molecule has 0 fully saturated rings. The third kappa shape index (κ3) is 1.26. The van der Waals surface area contributed by atoms with E-state index in [4.69, 9.17) is 5.73 Å². The summed E-state index contributed by atoms with van der Waals surface area (Å²) in [5.74, 6) is -0.402. The van der Waals surface area contributed by atoms with Gasteiger partial charge in [0.15, 0.2) is 0 Å². The van der Waals surface area contributed by atoms with Crippen LogP contribution in [0.15, 0.2) is 6.20 Å². The van der Waals surface area contributed by atoms with E-state index >= 15 is 0 Å². The maximum absolute atomic E-state index is 10.4. The number of nitrogens with two attached hydrogens (primary N) is 1. The normalized spacial score (nSPS) is 9.44. The minimum absolute atomic E-state index is 0.402. The standard InChI is InChI=1S/C5H6N2OS/c1-3-7-2-4(9-3)5(6)8/h2H,1H3,(H2,6,8). The Kier molecular flexibility index (Phi) is 1.48. The lowest BCUT2D eigenvalue weighted by Crippen LogP contribution is -2.08. The molecule has 0 saturated heterocycles. The summed E-state index contributed by atoms with van der Waals surface area (Å²) in [6.07, 6.45) is 1.49. The molecule has 3 nitrogen and oxygen atoms in total. The van der Waals surface area contributed by atoms with E-state index in [0.717, 1.165) is 5.01 Å². The molecule has 0 spiro atoms. The van der Waals surface area contributed by atoms with Crippen LogP contribution >= 0.6 is 11.3 Å². The molecule has 0 aliphatic carbocycles. The molecule has 1 aromatic rings. The summed E-state index contributed by atoms with van der Waals surface area (Å²) in [5, 5.41) is 0.865. The lowest BCUT2D eigenvalue weighted by molar-refractivity contribution is 0.100. The molecule has 0 saturated carbocycles. The highest BCUT2D eigenvalue weighted by atomic mass is 32.1. The van der Waals surface area contributed by atoms with Gasteiger partial charge in [-0.2, -0.15) is 0 Å². The van der Waals surface area contributed by atoms with Crippen LogP contribution < -0.4 is 5.73 Å². The summed E-state index contributed by atoms with van der Waals surface area (Å²) in [6.45, 7) is 1.83. The SMILES string of the molecule is Cc1ncc(C(N)=O)s1. The second-order valence-electron chi connectivity index (χ2n) is 1.61. The monoisotopic (exact) mass is 142 g/mol. The Morgan fingerprint density at radius 3 is 2.78 bits per heavy atom. The molecule has 1 rings (SSSR count). The molecule has 0 atom stereocenters. The van der Waals surface area contributed by atoms with Gasteiger partial charge >= 0.3 is 0 Å². The van der Waals surface area contributed by atoms with Gasteiger partial charge in [-0.25, -0.2) is 4.98 Å². The van der Waals surface area contributed by atoms with Gasteiger partial charge in [0.25, 0.3) is 5.91 Å². The fourth-order valence-electron chi connectivity index (χ4n) is 0.475. The number of carbonyl (C=O) groups is 1. The van der Waals surface area contributed by atoms with Gasteiger partial charge in [-0.05, 0) is 6.92 Å².